The third kappa shape index (κ3) is 3.66. The Morgan fingerprint density at radius 2 is 1.90 bits per heavy atom. The first-order chi connectivity index (χ1) is 10.0. The van der Waals surface area contributed by atoms with Crippen molar-refractivity contribution in [3.8, 4) is 11.5 Å². The summed E-state index contributed by atoms with van der Waals surface area (Å²) >= 11 is 3.31. The number of hydrogen-bond donors (Lipinski definition) is 2. The molecule has 3 N–H and O–H groups in total. The minimum Gasteiger partial charge on any atom is -0.497 e. The second-order valence-electron chi connectivity index (χ2n) is 4.29. The molecule has 0 aliphatic rings. The molecule has 2 aromatic carbocycles. The van der Waals surface area contributed by atoms with E-state index >= 15 is 0 Å². The summed E-state index contributed by atoms with van der Waals surface area (Å²) in [7, 11) is 3.09. The van der Waals surface area contributed by atoms with E-state index in [4.69, 9.17) is 15.2 Å². The van der Waals surface area contributed by atoms with Crippen LogP contribution in [0.25, 0.3) is 0 Å². The molecule has 21 heavy (non-hydrogen) atoms. The molecule has 2 aromatic rings. The van der Waals surface area contributed by atoms with Crippen molar-refractivity contribution >= 4 is 33.2 Å². The van der Waals surface area contributed by atoms with Crippen LogP contribution in [-0.2, 0) is 0 Å². The number of carbonyl (C=O) groups is 1. The monoisotopic (exact) mass is 350 g/mol. The van der Waals surface area contributed by atoms with Crippen molar-refractivity contribution in [3.63, 3.8) is 0 Å². The van der Waals surface area contributed by atoms with Gasteiger partial charge in [0, 0.05) is 21.8 Å². The lowest BCUT2D eigenvalue weighted by atomic mass is 10.2. The van der Waals surface area contributed by atoms with Crippen LogP contribution in [0.2, 0.25) is 0 Å². The average molecular weight is 351 g/mol. The summed E-state index contributed by atoms with van der Waals surface area (Å²) in [6.07, 6.45) is 0. The first kappa shape index (κ1) is 15.2. The Morgan fingerprint density at radius 3 is 2.52 bits per heavy atom. The Balaban J connectivity index is 2.30. The molecule has 0 heterocycles. The molecule has 0 atom stereocenters. The number of rotatable bonds is 4. The van der Waals surface area contributed by atoms with Crippen LogP contribution in [0.15, 0.2) is 40.9 Å². The van der Waals surface area contributed by atoms with Crippen LogP contribution in [0, 0.1) is 0 Å². The Bertz CT molecular complexity index is 654. The number of benzene rings is 2. The molecular formula is C15H15BrN2O3. The van der Waals surface area contributed by atoms with Crippen molar-refractivity contribution in [3.05, 3.63) is 46.4 Å². The fourth-order valence-corrected chi connectivity index (χ4v) is 2.36. The van der Waals surface area contributed by atoms with E-state index in [-0.39, 0.29) is 5.91 Å². The zero-order chi connectivity index (χ0) is 15.4. The van der Waals surface area contributed by atoms with Gasteiger partial charge in [-0.25, -0.2) is 0 Å². The molecule has 1 amide bonds. The van der Waals surface area contributed by atoms with Crippen molar-refractivity contribution in [2.75, 3.05) is 25.3 Å². The maximum absolute atomic E-state index is 12.3. The second-order valence-corrected chi connectivity index (χ2v) is 5.21. The van der Waals surface area contributed by atoms with E-state index in [1.54, 1.807) is 43.5 Å². The van der Waals surface area contributed by atoms with Gasteiger partial charge in [-0.05, 0) is 30.3 Å². The Labute approximate surface area is 131 Å². The van der Waals surface area contributed by atoms with E-state index in [1.807, 2.05) is 0 Å². The van der Waals surface area contributed by atoms with Gasteiger partial charge in [0.15, 0.2) is 0 Å². The number of nitrogens with one attached hydrogen (secondary N) is 1. The van der Waals surface area contributed by atoms with Gasteiger partial charge in [-0.15, -0.1) is 0 Å². The highest BCUT2D eigenvalue weighted by Crippen LogP contribution is 2.29. The van der Waals surface area contributed by atoms with Crippen LogP contribution in [-0.4, -0.2) is 20.1 Å². The molecule has 0 saturated carbocycles. The van der Waals surface area contributed by atoms with Crippen LogP contribution in [0.1, 0.15) is 10.4 Å². The van der Waals surface area contributed by atoms with Crippen LogP contribution >= 0.6 is 15.9 Å². The molecule has 0 fully saturated rings. The summed E-state index contributed by atoms with van der Waals surface area (Å²) in [6, 6.07) is 10.2. The molecule has 5 nitrogen and oxygen atoms in total. The minimum atomic E-state index is -0.283. The van der Waals surface area contributed by atoms with Gasteiger partial charge >= 0.3 is 0 Å². The van der Waals surface area contributed by atoms with Gasteiger partial charge in [0.1, 0.15) is 11.5 Å². The van der Waals surface area contributed by atoms with Crippen molar-refractivity contribution in [2.24, 2.45) is 0 Å². The first-order valence-corrected chi connectivity index (χ1v) is 6.92. The third-order valence-electron chi connectivity index (χ3n) is 2.84. The summed E-state index contributed by atoms with van der Waals surface area (Å²) in [6.45, 7) is 0. The maximum Gasteiger partial charge on any atom is 0.255 e. The minimum absolute atomic E-state index is 0.283. The molecule has 6 heteroatoms. The molecule has 0 radical (unpaired) electrons. The number of nitrogens with two attached hydrogens (primary N) is 1. The highest BCUT2D eigenvalue weighted by molar-refractivity contribution is 9.10. The van der Waals surface area contributed by atoms with Crippen LogP contribution in [0.3, 0.4) is 0 Å². The lowest BCUT2D eigenvalue weighted by molar-refractivity contribution is 0.102. The molecule has 0 bridgehead atoms. The van der Waals surface area contributed by atoms with Crippen LogP contribution in [0.4, 0.5) is 11.4 Å². The number of ether oxygens (including phenoxy) is 2. The number of carbonyl (C=O) groups excluding carboxylic acids is 1. The Kier molecular flexibility index (Phi) is 4.70. The molecule has 2 rings (SSSR count). The van der Waals surface area contributed by atoms with Crippen LogP contribution < -0.4 is 20.5 Å². The van der Waals surface area contributed by atoms with E-state index in [1.165, 1.54) is 7.11 Å². The van der Waals surface area contributed by atoms with E-state index in [0.717, 1.165) is 4.47 Å². The maximum atomic E-state index is 12.3. The SMILES string of the molecule is COc1ccc(OC)c(NC(=O)c2cc(N)cc(Br)c2)c1. The van der Waals surface area contributed by atoms with Gasteiger partial charge < -0.3 is 20.5 Å². The topological polar surface area (TPSA) is 73.6 Å². The van der Waals surface area contributed by atoms with Gasteiger partial charge in [0.25, 0.3) is 5.91 Å². The quantitative estimate of drug-likeness (QED) is 0.829. The first-order valence-electron chi connectivity index (χ1n) is 6.13. The number of nitrogen functional groups attached to an aromatic ring is 1. The number of amides is 1. The second kappa shape index (κ2) is 6.49. The fraction of sp³-hybridized carbons (Fsp3) is 0.133. The van der Waals surface area contributed by atoms with E-state index < -0.39 is 0 Å². The predicted molar refractivity (Wildman–Crippen MR) is 86.1 cm³/mol. The summed E-state index contributed by atoms with van der Waals surface area (Å²) in [5.41, 5.74) is 7.22. The Morgan fingerprint density at radius 1 is 1.14 bits per heavy atom. The van der Waals surface area contributed by atoms with Gasteiger partial charge in [0.05, 0.1) is 19.9 Å². The number of halogens is 1. The van der Waals surface area contributed by atoms with Gasteiger partial charge in [-0.1, -0.05) is 15.9 Å². The molecule has 0 aliphatic carbocycles. The van der Waals surface area contributed by atoms with E-state index in [0.29, 0.717) is 28.4 Å². The largest absolute Gasteiger partial charge is 0.497 e. The molecule has 0 aliphatic heterocycles. The van der Waals surface area contributed by atoms with Gasteiger partial charge in [0.2, 0.25) is 0 Å². The summed E-state index contributed by atoms with van der Waals surface area (Å²) in [4.78, 5) is 12.3. The van der Waals surface area contributed by atoms with Crippen molar-refractivity contribution < 1.29 is 14.3 Å². The molecule has 0 unspecified atom stereocenters. The molecule has 0 spiro atoms. The lowest BCUT2D eigenvalue weighted by Crippen LogP contribution is -2.13. The Hall–Kier alpha value is -2.21. The normalized spacial score (nSPS) is 10.0. The molecule has 0 saturated heterocycles. The zero-order valence-electron chi connectivity index (χ0n) is 11.6. The van der Waals surface area contributed by atoms with E-state index in [9.17, 15) is 4.79 Å². The van der Waals surface area contributed by atoms with Gasteiger partial charge in [-0.2, -0.15) is 0 Å². The van der Waals surface area contributed by atoms with Crippen molar-refractivity contribution in [2.45, 2.75) is 0 Å². The summed E-state index contributed by atoms with van der Waals surface area (Å²) < 4.78 is 11.1. The standard InChI is InChI=1S/C15H15BrN2O3/c1-20-12-3-4-14(21-2)13(8-12)18-15(19)9-5-10(16)7-11(17)6-9/h3-8H,17H2,1-2H3,(H,18,19). The predicted octanol–water partition coefficient (Wildman–Crippen LogP) is 3.30. The number of methoxy groups -OCH3 is 2. The van der Waals surface area contributed by atoms with Crippen molar-refractivity contribution in [1.82, 2.24) is 0 Å². The third-order valence-corrected chi connectivity index (χ3v) is 3.29. The molecule has 0 aromatic heterocycles. The zero-order valence-corrected chi connectivity index (χ0v) is 13.2. The molecule has 110 valence electrons. The fourth-order valence-electron chi connectivity index (χ4n) is 1.85. The highest BCUT2D eigenvalue weighted by Gasteiger charge is 2.12. The smallest absolute Gasteiger partial charge is 0.255 e. The highest BCUT2D eigenvalue weighted by atomic mass is 79.9. The van der Waals surface area contributed by atoms with Crippen LogP contribution in [0.5, 0.6) is 11.5 Å². The number of hydrogen-bond acceptors (Lipinski definition) is 4. The number of anilines is 2. The molecular weight excluding hydrogens is 336 g/mol. The summed E-state index contributed by atoms with van der Waals surface area (Å²) in [5, 5.41) is 2.79. The summed E-state index contributed by atoms with van der Waals surface area (Å²) in [5.74, 6) is 0.890. The van der Waals surface area contributed by atoms with E-state index in [2.05, 4.69) is 21.2 Å². The average Bonchev–Trinajstić information content (AvgIpc) is 2.46. The van der Waals surface area contributed by atoms with Crippen molar-refractivity contribution in [1.29, 1.82) is 0 Å². The van der Waals surface area contributed by atoms with Gasteiger partial charge in [-0.3, -0.25) is 4.79 Å². The lowest BCUT2D eigenvalue weighted by Gasteiger charge is -2.12.